The van der Waals surface area contributed by atoms with E-state index in [9.17, 15) is 4.79 Å². The van der Waals surface area contributed by atoms with Crippen molar-refractivity contribution < 1.29 is 4.79 Å². The standard InChI is InChI=1S/C24H31N5OS/c1-25-23(30)22-20(19-10-6-7-11-21(19)31-22)13-18-9-5-4-8-12-29(18)16-17-14-26-24(27-15-17)28(2)3/h6-7,10-11,14-15,18H,4-5,8-9,12-13,16H2,1-3H3,(H,25,30). The van der Waals surface area contributed by atoms with Crippen LogP contribution in [-0.2, 0) is 13.0 Å². The van der Waals surface area contributed by atoms with Crippen molar-refractivity contribution in [2.24, 2.45) is 0 Å². The summed E-state index contributed by atoms with van der Waals surface area (Å²) in [5.41, 5.74) is 2.33. The van der Waals surface area contributed by atoms with Gasteiger partial charge in [0.2, 0.25) is 5.95 Å². The average molecular weight is 438 g/mol. The molecule has 0 bridgehead atoms. The fourth-order valence-electron chi connectivity index (χ4n) is 4.41. The van der Waals surface area contributed by atoms with Crippen molar-refractivity contribution in [3.8, 4) is 0 Å². The fraction of sp³-hybridized carbons (Fsp3) is 0.458. The summed E-state index contributed by atoms with van der Waals surface area (Å²) in [5.74, 6) is 0.750. The van der Waals surface area contributed by atoms with Crippen molar-refractivity contribution >= 4 is 33.3 Å². The third-order valence-corrected chi connectivity index (χ3v) is 7.26. The summed E-state index contributed by atoms with van der Waals surface area (Å²) in [6, 6.07) is 8.79. The maximum Gasteiger partial charge on any atom is 0.261 e. The van der Waals surface area contributed by atoms with Crippen LogP contribution in [0.15, 0.2) is 36.7 Å². The maximum absolute atomic E-state index is 12.6. The summed E-state index contributed by atoms with van der Waals surface area (Å²) in [7, 11) is 5.62. The summed E-state index contributed by atoms with van der Waals surface area (Å²) in [4.78, 5) is 27.0. The Kier molecular flexibility index (Phi) is 6.83. The minimum absolute atomic E-state index is 0.0176. The van der Waals surface area contributed by atoms with Gasteiger partial charge in [-0.05, 0) is 42.8 Å². The Morgan fingerprint density at radius 2 is 1.97 bits per heavy atom. The van der Waals surface area contributed by atoms with E-state index in [0.717, 1.165) is 42.3 Å². The van der Waals surface area contributed by atoms with Crippen LogP contribution < -0.4 is 10.2 Å². The number of likely N-dealkylation sites (tertiary alicyclic amines) is 1. The molecule has 1 aliphatic rings. The number of nitrogens with one attached hydrogen (secondary N) is 1. The highest BCUT2D eigenvalue weighted by Crippen LogP contribution is 2.34. The van der Waals surface area contributed by atoms with Gasteiger partial charge in [0, 0.05) is 56.4 Å². The lowest BCUT2D eigenvalue weighted by molar-refractivity contribution is 0.0965. The number of fused-ring (bicyclic) bond motifs is 1. The largest absolute Gasteiger partial charge is 0.354 e. The number of thiophene rings is 1. The molecule has 0 radical (unpaired) electrons. The SMILES string of the molecule is CNC(=O)c1sc2ccccc2c1CC1CCCCCN1Cc1cnc(N(C)C)nc1. The summed E-state index contributed by atoms with van der Waals surface area (Å²) in [5, 5.41) is 4.05. The molecule has 7 heteroatoms. The normalized spacial score (nSPS) is 17.5. The van der Waals surface area contributed by atoms with Crippen molar-refractivity contribution in [3.05, 3.63) is 52.7 Å². The van der Waals surface area contributed by atoms with Gasteiger partial charge in [0.15, 0.2) is 0 Å². The fourth-order valence-corrected chi connectivity index (χ4v) is 5.58. The van der Waals surface area contributed by atoms with Crippen LogP contribution in [0.5, 0.6) is 0 Å². The number of rotatable bonds is 6. The van der Waals surface area contributed by atoms with E-state index in [4.69, 9.17) is 0 Å². The molecule has 1 fully saturated rings. The molecule has 1 unspecified atom stereocenters. The topological polar surface area (TPSA) is 61.4 Å². The maximum atomic E-state index is 12.6. The first-order valence-electron chi connectivity index (χ1n) is 11.0. The van der Waals surface area contributed by atoms with Crippen LogP contribution >= 0.6 is 11.3 Å². The van der Waals surface area contributed by atoms with Gasteiger partial charge in [-0.2, -0.15) is 0 Å². The Bertz CT molecular complexity index is 1030. The molecule has 1 aromatic carbocycles. The van der Waals surface area contributed by atoms with Crippen molar-refractivity contribution in [1.82, 2.24) is 20.2 Å². The zero-order valence-electron chi connectivity index (χ0n) is 18.6. The van der Waals surface area contributed by atoms with Gasteiger partial charge in [-0.15, -0.1) is 11.3 Å². The Morgan fingerprint density at radius 3 is 2.71 bits per heavy atom. The van der Waals surface area contributed by atoms with E-state index in [-0.39, 0.29) is 5.91 Å². The van der Waals surface area contributed by atoms with Gasteiger partial charge in [0.05, 0.1) is 4.88 Å². The summed E-state index contributed by atoms with van der Waals surface area (Å²) < 4.78 is 1.18. The number of amides is 1. The van der Waals surface area contributed by atoms with E-state index >= 15 is 0 Å². The minimum atomic E-state index is 0.0176. The zero-order chi connectivity index (χ0) is 21.8. The van der Waals surface area contributed by atoms with Crippen molar-refractivity contribution in [3.63, 3.8) is 0 Å². The summed E-state index contributed by atoms with van der Waals surface area (Å²) in [6.45, 7) is 1.91. The number of carbonyl (C=O) groups excluding carboxylic acids is 1. The molecule has 2 aromatic heterocycles. The monoisotopic (exact) mass is 437 g/mol. The Labute approximate surface area is 188 Å². The second-order valence-corrected chi connectivity index (χ2v) is 9.50. The number of benzene rings is 1. The van der Waals surface area contributed by atoms with Crippen LogP contribution in [-0.4, -0.2) is 54.5 Å². The van der Waals surface area contributed by atoms with E-state index in [0.29, 0.717) is 6.04 Å². The molecule has 4 rings (SSSR count). The third-order valence-electron chi connectivity index (χ3n) is 6.05. The van der Waals surface area contributed by atoms with Gasteiger partial charge in [-0.25, -0.2) is 9.97 Å². The number of anilines is 1. The molecule has 1 atom stereocenters. The Balaban J connectivity index is 1.61. The molecule has 0 saturated carbocycles. The highest BCUT2D eigenvalue weighted by molar-refractivity contribution is 7.21. The van der Waals surface area contributed by atoms with Crippen LogP contribution in [0.25, 0.3) is 10.1 Å². The number of hydrogen-bond donors (Lipinski definition) is 1. The molecule has 31 heavy (non-hydrogen) atoms. The average Bonchev–Trinajstić information content (AvgIpc) is 3.00. The lowest BCUT2D eigenvalue weighted by Gasteiger charge is -2.30. The Morgan fingerprint density at radius 1 is 1.19 bits per heavy atom. The summed E-state index contributed by atoms with van der Waals surface area (Å²) in [6.07, 6.45) is 9.63. The summed E-state index contributed by atoms with van der Waals surface area (Å²) >= 11 is 1.60. The van der Waals surface area contributed by atoms with Crippen molar-refractivity contribution in [1.29, 1.82) is 0 Å². The lowest BCUT2D eigenvalue weighted by Crippen LogP contribution is -2.36. The lowest BCUT2D eigenvalue weighted by atomic mass is 9.97. The molecule has 1 aliphatic heterocycles. The molecule has 0 aliphatic carbocycles. The first-order chi connectivity index (χ1) is 15.1. The van der Waals surface area contributed by atoms with E-state index in [1.54, 1.807) is 18.4 Å². The van der Waals surface area contributed by atoms with Gasteiger partial charge in [0.25, 0.3) is 5.91 Å². The smallest absolute Gasteiger partial charge is 0.261 e. The van der Waals surface area contributed by atoms with E-state index in [1.165, 1.54) is 34.9 Å². The molecule has 3 heterocycles. The predicted molar refractivity (Wildman–Crippen MR) is 128 cm³/mol. The van der Waals surface area contributed by atoms with Crippen molar-refractivity contribution in [2.75, 3.05) is 32.6 Å². The molecular weight excluding hydrogens is 406 g/mol. The number of aromatic nitrogens is 2. The number of carbonyl (C=O) groups is 1. The molecule has 0 spiro atoms. The van der Waals surface area contributed by atoms with E-state index in [1.807, 2.05) is 37.5 Å². The highest BCUT2D eigenvalue weighted by Gasteiger charge is 2.26. The van der Waals surface area contributed by atoms with Gasteiger partial charge < -0.3 is 10.2 Å². The second-order valence-electron chi connectivity index (χ2n) is 8.45. The van der Waals surface area contributed by atoms with E-state index < -0.39 is 0 Å². The Hall–Kier alpha value is -2.51. The van der Waals surface area contributed by atoms with Crippen LogP contribution in [0.4, 0.5) is 5.95 Å². The second kappa shape index (κ2) is 9.75. The van der Waals surface area contributed by atoms with Crippen molar-refractivity contribution in [2.45, 2.75) is 44.7 Å². The minimum Gasteiger partial charge on any atom is -0.354 e. The van der Waals surface area contributed by atoms with Crippen LogP contribution in [0.3, 0.4) is 0 Å². The van der Waals surface area contributed by atoms with Gasteiger partial charge >= 0.3 is 0 Å². The number of hydrogen-bond acceptors (Lipinski definition) is 6. The van der Waals surface area contributed by atoms with Gasteiger partial charge in [-0.1, -0.05) is 31.0 Å². The molecular formula is C24H31N5OS. The zero-order valence-corrected chi connectivity index (χ0v) is 19.4. The third kappa shape index (κ3) is 4.88. The molecule has 164 valence electrons. The first-order valence-corrected chi connectivity index (χ1v) is 11.8. The molecule has 3 aromatic rings. The van der Waals surface area contributed by atoms with Crippen LogP contribution in [0, 0.1) is 0 Å². The first kappa shape index (κ1) is 21.7. The molecule has 1 N–H and O–H groups in total. The van der Waals surface area contributed by atoms with Crippen LogP contribution in [0.1, 0.15) is 46.5 Å². The highest BCUT2D eigenvalue weighted by atomic mass is 32.1. The van der Waals surface area contributed by atoms with Gasteiger partial charge in [-0.3, -0.25) is 9.69 Å². The molecule has 1 amide bonds. The number of nitrogens with zero attached hydrogens (tertiary/aromatic N) is 4. The molecule has 1 saturated heterocycles. The predicted octanol–water partition coefficient (Wildman–Crippen LogP) is 4.10. The van der Waals surface area contributed by atoms with Crippen LogP contribution in [0.2, 0.25) is 0 Å². The quantitative estimate of drug-likeness (QED) is 0.629. The van der Waals surface area contributed by atoms with Gasteiger partial charge in [0.1, 0.15) is 0 Å². The van der Waals surface area contributed by atoms with E-state index in [2.05, 4.69) is 38.4 Å². The molecule has 6 nitrogen and oxygen atoms in total.